The Morgan fingerprint density at radius 2 is 2.00 bits per heavy atom. The fourth-order valence-corrected chi connectivity index (χ4v) is 2.40. The van der Waals surface area contributed by atoms with Gasteiger partial charge in [0.2, 0.25) is 0 Å². The van der Waals surface area contributed by atoms with E-state index in [9.17, 15) is 13.2 Å². The molecule has 0 aliphatic heterocycles. The van der Waals surface area contributed by atoms with Gasteiger partial charge in [-0.3, -0.25) is 0 Å². The predicted octanol–water partition coefficient (Wildman–Crippen LogP) is 2.76. The molecule has 78 valence electrons. The van der Waals surface area contributed by atoms with Gasteiger partial charge in [0.15, 0.2) is 0 Å². The van der Waals surface area contributed by atoms with E-state index in [1.807, 2.05) is 0 Å². The maximum absolute atomic E-state index is 11.7. The highest BCUT2D eigenvalue weighted by atomic mass is 32.2. The van der Waals surface area contributed by atoms with Crippen LogP contribution in [0.4, 0.5) is 13.2 Å². The van der Waals surface area contributed by atoms with E-state index in [1.165, 1.54) is 0 Å². The van der Waals surface area contributed by atoms with Crippen LogP contribution in [-0.4, -0.2) is 17.3 Å². The van der Waals surface area contributed by atoms with Crippen LogP contribution < -0.4 is 5.73 Å². The molecule has 0 heterocycles. The summed E-state index contributed by atoms with van der Waals surface area (Å²) in [4.78, 5) is 0. The van der Waals surface area contributed by atoms with Crippen molar-refractivity contribution in [1.29, 1.82) is 0 Å². The molecule has 5 heteroatoms. The van der Waals surface area contributed by atoms with Crippen molar-refractivity contribution in [1.82, 2.24) is 0 Å². The highest BCUT2D eigenvalue weighted by Gasteiger charge is 2.29. The van der Waals surface area contributed by atoms with E-state index in [0.29, 0.717) is 12.3 Å². The molecule has 0 aromatic rings. The van der Waals surface area contributed by atoms with E-state index in [-0.39, 0.29) is 23.6 Å². The fraction of sp³-hybridized carbons (Fsp3) is 1.00. The minimum Gasteiger partial charge on any atom is -0.328 e. The van der Waals surface area contributed by atoms with Gasteiger partial charge in [0, 0.05) is 11.8 Å². The van der Waals surface area contributed by atoms with Crippen molar-refractivity contribution in [3.05, 3.63) is 0 Å². The van der Waals surface area contributed by atoms with E-state index in [0.717, 1.165) is 19.3 Å². The summed E-state index contributed by atoms with van der Waals surface area (Å²) in [7, 11) is 0. The van der Waals surface area contributed by atoms with Gasteiger partial charge in [0.25, 0.3) is 0 Å². The van der Waals surface area contributed by atoms with Crippen LogP contribution in [0.2, 0.25) is 0 Å². The second-order valence-corrected chi connectivity index (χ2v) is 4.68. The number of rotatable bonds is 3. The van der Waals surface area contributed by atoms with Crippen molar-refractivity contribution in [2.24, 2.45) is 11.7 Å². The summed E-state index contributed by atoms with van der Waals surface area (Å²) in [6.07, 6.45) is 3.53. The molecular weight excluding hydrogens is 199 g/mol. The van der Waals surface area contributed by atoms with Gasteiger partial charge in [0.1, 0.15) is 0 Å². The maximum Gasteiger partial charge on any atom is 0.441 e. The normalized spacial score (nSPS) is 29.5. The van der Waals surface area contributed by atoms with Crippen LogP contribution in [0.25, 0.3) is 0 Å². The van der Waals surface area contributed by atoms with Gasteiger partial charge >= 0.3 is 5.51 Å². The Hall–Kier alpha value is 0.100. The van der Waals surface area contributed by atoms with E-state index >= 15 is 0 Å². The molecule has 2 N–H and O–H groups in total. The topological polar surface area (TPSA) is 26.0 Å². The Bertz CT molecular complexity index is 160. The van der Waals surface area contributed by atoms with E-state index in [1.54, 1.807) is 0 Å². The Morgan fingerprint density at radius 3 is 2.46 bits per heavy atom. The first-order chi connectivity index (χ1) is 5.97. The number of hydrogen-bond acceptors (Lipinski definition) is 2. The third-order valence-corrected chi connectivity index (χ3v) is 3.14. The lowest BCUT2D eigenvalue weighted by Gasteiger charge is -2.09. The molecule has 2 atom stereocenters. The zero-order valence-electron chi connectivity index (χ0n) is 7.31. The number of thioether (sulfide) groups is 1. The molecule has 1 fully saturated rings. The third kappa shape index (κ3) is 4.76. The Balaban J connectivity index is 2.07. The van der Waals surface area contributed by atoms with Gasteiger partial charge in [-0.25, -0.2) is 0 Å². The molecule has 13 heavy (non-hydrogen) atoms. The second-order valence-electron chi connectivity index (χ2n) is 3.52. The third-order valence-electron chi connectivity index (χ3n) is 2.37. The van der Waals surface area contributed by atoms with Crippen molar-refractivity contribution in [2.75, 3.05) is 5.75 Å². The molecule has 1 saturated carbocycles. The van der Waals surface area contributed by atoms with E-state index in [4.69, 9.17) is 5.73 Å². The molecule has 2 unspecified atom stereocenters. The van der Waals surface area contributed by atoms with Crippen LogP contribution >= 0.6 is 11.8 Å². The predicted molar refractivity (Wildman–Crippen MR) is 48.4 cm³/mol. The van der Waals surface area contributed by atoms with Crippen LogP contribution in [0.3, 0.4) is 0 Å². The molecule has 1 aliphatic rings. The molecule has 0 aromatic heterocycles. The number of halogens is 3. The summed E-state index contributed by atoms with van der Waals surface area (Å²) < 4.78 is 35.2. The lowest BCUT2D eigenvalue weighted by atomic mass is 10.1. The second kappa shape index (κ2) is 4.55. The van der Waals surface area contributed by atoms with E-state index in [2.05, 4.69) is 0 Å². The Kier molecular flexibility index (Phi) is 3.91. The van der Waals surface area contributed by atoms with Crippen molar-refractivity contribution in [2.45, 2.75) is 37.2 Å². The smallest absolute Gasteiger partial charge is 0.328 e. The molecule has 0 radical (unpaired) electrons. The summed E-state index contributed by atoms with van der Waals surface area (Å²) in [6, 6.07) is 0.223. The lowest BCUT2D eigenvalue weighted by Crippen LogP contribution is -2.15. The Morgan fingerprint density at radius 1 is 1.31 bits per heavy atom. The minimum absolute atomic E-state index is 0.0808. The zero-order chi connectivity index (χ0) is 9.90. The molecule has 1 nitrogen and oxygen atoms in total. The van der Waals surface area contributed by atoms with Crippen LogP contribution in [0.15, 0.2) is 0 Å². The molecule has 0 aromatic carbocycles. The van der Waals surface area contributed by atoms with Gasteiger partial charge in [-0.15, -0.1) is 0 Å². The quantitative estimate of drug-likeness (QED) is 0.780. The minimum atomic E-state index is -4.07. The standard InChI is InChI=1S/C8H14F3NS/c9-8(10,11)13-4-3-6-1-2-7(12)5-6/h6-7H,1-5,12H2. The molecule has 0 saturated heterocycles. The average molecular weight is 213 g/mol. The summed E-state index contributed by atoms with van der Waals surface area (Å²) in [5, 5.41) is 0. The molecule has 0 amide bonds. The Labute approximate surface area is 80.2 Å². The number of nitrogens with two attached hydrogens (primary N) is 1. The first kappa shape index (κ1) is 11.2. The highest BCUT2D eigenvalue weighted by Crippen LogP contribution is 2.34. The van der Waals surface area contributed by atoms with Crippen LogP contribution in [0, 0.1) is 5.92 Å². The highest BCUT2D eigenvalue weighted by molar-refractivity contribution is 8.00. The summed E-state index contributed by atoms with van der Waals surface area (Å²) in [5.41, 5.74) is 1.58. The number of hydrogen-bond donors (Lipinski definition) is 1. The van der Waals surface area contributed by atoms with Crippen molar-refractivity contribution in [3.8, 4) is 0 Å². The van der Waals surface area contributed by atoms with E-state index < -0.39 is 5.51 Å². The number of alkyl halides is 3. The summed E-state index contributed by atoms with van der Waals surface area (Å²) in [5.74, 6) is 0.603. The maximum atomic E-state index is 11.7. The molecular formula is C8H14F3NS. The molecule has 0 bridgehead atoms. The molecule has 1 rings (SSSR count). The van der Waals surface area contributed by atoms with Crippen molar-refractivity contribution >= 4 is 11.8 Å². The largest absolute Gasteiger partial charge is 0.441 e. The monoisotopic (exact) mass is 213 g/mol. The average Bonchev–Trinajstić information content (AvgIpc) is 2.33. The van der Waals surface area contributed by atoms with Gasteiger partial charge in [-0.1, -0.05) is 11.8 Å². The first-order valence-electron chi connectivity index (χ1n) is 4.43. The summed E-state index contributed by atoms with van der Waals surface area (Å²) >= 11 is 0.0808. The molecule has 1 aliphatic carbocycles. The SMILES string of the molecule is NC1CCC(CCSC(F)(F)F)C1. The fourth-order valence-electron chi connectivity index (χ4n) is 1.72. The van der Waals surface area contributed by atoms with Gasteiger partial charge in [-0.2, -0.15) is 13.2 Å². The first-order valence-corrected chi connectivity index (χ1v) is 5.42. The van der Waals surface area contributed by atoms with Crippen LogP contribution in [0.5, 0.6) is 0 Å². The van der Waals surface area contributed by atoms with Gasteiger partial charge in [-0.05, 0) is 31.6 Å². The van der Waals surface area contributed by atoms with Crippen molar-refractivity contribution in [3.63, 3.8) is 0 Å². The van der Waals surface area contributed by atoms with Crippen molar-refractivity contribution < 1.29 is 13.2 Å². The molecule has 0 spiro atoms. The zero-order valence-corrected chi connectivity index (χ0v) is 8.13. The summed E-state index contributed by atoms with van der Waals surface area (Å²) in [6.45, 7) is 0. The van der Waals surface area contributed by atoms with Gasteiger partial charge in [0.05, 0.1) is 0 Å². The van der Waals surface area contributed by atoms with Crippen LogP contribution in [0.1, 0.15) is 25.7 Å². The lowest BCUT2D eigenvalue weighted by molar-refractivity contribution is -0.0328. The van der Waals surface area contributed by atoms with Gasteiger partial charge < -0.3 is 5.73 Å². The van der Waals surface area contributed by atoms with Crippen LogP contribution in [-0.2, 0) is 0 Å².